The van der Waals surface area contributed by atoms with Gasteiger partial charge < -0.3 is 5.32 Å². The van der Waals surface area contributed by atoms with E-state index in [1.807, 2.05) is 17.9 Å². The molecule has 1 saturated heterocycles. The van der Waals surface area contributed by atoms with E-state index in [1.165, 1.54) is 18.5 Å². The lowest BCUT2D eigenvalue weighted by molar-refractivity contribution is 0.0675. The van der Waals surface area contributed by atoms with E-state index in [4.69, 9.17) is 0 Å². The molecule has 1 atom stereocenters. The molecule has 1 fully saturated rings. The van der Waals surface area contributed by atoms with Gasteiger partial charge in [0.25, 0.3) is 0 Å². The molecule has 0 aliphatic carbocycles. The average Bonchev–Trinajstić information content (AvgIpc) is 2.53. The molecular formula is C11H19N3. The molecule has 1 aromatic heterocycles. The van der Waals surface area contributed by atoms with E-state index < -0.39 is 0 Å². The zero-order valence-corrected chi connectivity index (χ0v) is 9.25. The highest BCUT2D eigenvalue weighted by Crippen LogP contribution is 2.45. The summed E-state index contributed by atoms with van der Waals surface area (Å²) in [6.07, 6.45) is 4.49. The van der Waals surface area contributed by atoms with Crippen molar-refractivity contribution in [1.29, 1.82) is 0 Å². The highest BCUT2D eigenvalue weighted by Gasteiger charge is 2.45. The van der Waals surface area contributed by atoms with Crippen LogP contribution in [-0.2, 0) is 7.05 Å². The fourth-order valence-electron chi connectivity index (χ4n) is 2.41. The van der Waals surface area contributed by atoms with Crippen LogP contribution in [-0.4, -0.2) is 16.3 Å². The maximum absolute atomic E-state index is 4.48. The van der Waals surface area contributed by atoms with E-state index in [-0.39, 0.29) is 0 Å². The monoisotopic (exact) mass is 193 g/mol. The first-order valence-electron chi connectivity index (χ1n) is 5.45. The molecule has 0 aromatic carbocycles. The molecule has 14 heavy (non-hydrogen) atoms. The standard InChI is InChI=1S/C11H19N3/c1-4-11(5-2)8-12-10(11)9-6-7-14(3)13-9/h6-7,10,12H,4-5,8H2,1-3H3. The van der Waals surface area contributed by atoms with Crippen LogP contribution in [0.3, 0.4) is 0 Å². The highest BCUT2D eigenvalue weighted by atomic mass is 15.3. The number of aryl methyl sites for hydroxylation is 1. The Kier molecular flexibility index (Phi) is 2.35. The third kappa shape index (κ3) is 1.27. The zero-order chi connectivity index (χ0) is 10.2. The van der Waals surface area contributed by atoms with Crippen LogP contribution in [0, 0.1) is 5.41 Å². The summed E-state index contributed by atoms with van der Waals surface area (Å²) in [5, 5.41) is 7.97. The van der Waals surface area contributed by atoms with Crippen LogP contribution in [0.15, 0.2) is 12.3 Å². The van der Waals surface area contributed by atoms with E-state index >= 15 is 0 Å². The second-order valence-electron chi connectivity index (χ2n) is 4.30. The van der Waals surface area contributed by atoms with E-state index in [0.29, 0.717) is 11.5 Å². The molecule has 2 heterocycles. The maximum atomic E-state index is 4.48. The van der Waals surface area contributed by atoms with Gasteiger partial charge >= 0.3 is 0 Å². The quantitative estimate of drug-likeness (QED) is 0.794. The van der Waals surface area contributed by atoms with Gasteiger partial charge in [0.15, 0.2) is 0 Å². The maximum Gasteiger partial charge on any atom is 0.0800 e. The Morgan fingerprint density at radius 1 is 1.57 bits per heavy atom. The Hall–Kier alpha value is -0.830. The summed E-state index contributed by atoms with van der Waals surface area (Å²) in [4.78, 5) is 0. The summed E-state index contributed by atoms with van der Waals surface area (Å²) >= 11 is 0. The molecule has 1 aromatic rings. The van der Waals surface area contributed by atoms with Gasteiger partial charge in [0.2, 0.25) is 0 Å². The molecule has 0 bridgehead atoms. The van der Waals surface area contributed by atoms with Gasteiger partial charge in [0, 0.05) is 25.2 Å². The first kappa shape index (κ1) is 9.71. The molecule has 78 valence electrons. The minimum absolute atomic E-state index is 0.453. The van der Waals surface area contributed by atoms with Gasteiger partial charge in [-0.05, 0) is 18.9 Å². The molecule has 1 N–H and O–H groups in total. The van der Waals surface area contributed by atoms with E-state index in [1.54, 1.807) is 0 Å². The molecule has 0 amide bonds. The Morgan fingerprint density at radius 3 is 2.64 bits per heavy atom. The van der Waals surface area contributed by atoms with Gasteiger partial charge in [-0.2, -0.15) is 5.10 Å². The predicted molar refractivity (Wildman–Crippen MR) is 57.0 cm³/mol. The van der Waals surface area contributed by atoms with E-state index in [0.717, 1.165) is 6.54 Å². The van der Waals surface area contributed by atoms with Crippen LogP contribution in [0.4, 0.5) is 0 Å². The largest absolute Gasteiger partial charge is 0.307 e. The first-order chi connectivity index (χ1) is 6.72. The Labute approximate surface area is 85.5 Å². The summed E-state index contributed by atoms with van der Waals surface area (Å²) in [5.41, 5.74) is 1.65. The summed E-state index contributed by atoms with van der Waals surface area (Å²) in [6, 6.07) is 2.59. The summed E-state index contributed by atoms with van der Waals surface area (Å²) < 4.78 is 1.88. The van der Waals surface area contributed by atoms with Gasteiger partial charge in [0.05, 0.1) is 11.7 Å². The molecule has 0 radical (unpaired) electrons. The topological polar surface area (TPSA) is 29.9 Å². The summed E-state index contributed by atoms with van der Waals surface area (Å²) in [6.45, 7) is 5.70. The van der Waals surface area contributed by atoms with Crippen molar-refractivity contribution in [1.82, 2.24) is 15.1 Å². The Bertz CT molecular complexity index is 307. The second-order valence-corrected chi connectivity index (χ2v) is 4.30. The van der Waals surface area contributed by atoms with Crippen molar-refractivity contribution in [2.24, 2.45) is 12.5 Å². The van der Waals surface area contributed by atoms with Gasteiger partial charge in [0.1, 0.15) is 0 Å². The molecule has 0 spiro atoms. The van der Waals surface area contributed by atoms with Crippen molar-refractivity contribution in [2.75, 3.05) is 6.54 Å². The Balaban J connectivity index is 2.20. The number of hydrogen-bond donors (Lipinski definition) is 1. The van der Waals surface area contributed by atoms with Crippen molar-refractivity contribution in [2.45, 2.75) is 32.7 Å². The third-order valence-electron chi connectivity index (χ3n) is 3.71. The smallest absolute Gasteiger partial charge is 0.0800 e. The fourth-order valence-corrected chi connectivity index (χ4v) is 2.41. The highest BCUT2D eigenvalue weighted by molar-refractivity contribution is 5.16. The minimum Gasteiger partial charge on any atom is -0.307 e. The van der Waals surface area contributed by atoms with Crippen molar-refractivity contribution < 1.29 is 0 Å². The van der Waals surface area contributed by atoms with Crippen molar-refractivity contribution in [3.8, 4) is 0 Å². The van der Waals surface area contributed by atoms with Crippen molar-refractivity contribution in [3.63, 3.8) is 0 Å². The number of hydrogen-bond acceptors (Lipinski definition) is 2. The molecule has 1 aliphatic heterocycles. The summed E-state index contributed by atoms with van der Waals surface area (Å²) in [7, 11) is 1.97. The SMILES string of the molecule is CCC1(CC)CNC1c1ccn(C)n1. The first-order valence-corrected chi connectivity index (χ1v) is 5.45. The summed E-state index contributed by atoms with van der Waals surface area (Å²) in [5.74, 6) is 0. The van der Waals surface area contributed by atoms with Crippen molar-refractivity contribution >= 4 is 0 Å². The van der Waals surface area contributed by atoms with Gasteiger partial charge in [-0.15, -0.1) is 0 Å². The van der Waals surface area contributed by atoms with Crippen LogP contribution in [0.5, 0.6) is 0 Å². The molecule has 2 rings (SSSR count). The minimum atomic E-state index is 0.453. The van der Waals surface area contributed by atoms with E-state index in [2.05, 4.69) is 30.3 Å². The average molecular weight is 193 g/mol. The second kappa shape index (κ2) is 3.39. The van der Waals surface area contributed by atoms with Crippen LogP contribution >= 0.6 is 0 Å². The molecular weight excluding hydrogens is 174 g/mol. The normalized spacial score (nSPS) is 24.6. The van der Waals surface area contributed by atoms with Crippen LogP contribution < -0.4 is 5.32 Å². The van der Waals surface area contributed by atoms with Gasteiger partial charge in [-0.3, -0.25) is 4.68 Å². The van der Waals surface area contributed by atoms with E-state index in [9.17, 15) is 0 Å². The molecule has 1 unspecified atom stereocenters. The lowest BCUT2D eigenvalue weighted by Gasteiger charge is -2.49. The number of rotatable bonds is 3. The molecule has 1 aliphatic rings. The van der Waals surface area contributed by atoms with Gasteiger partial charge in [-0.25, -0.2) is 0 Å². The third-order valence-corrected chi connectivity index (χ3v) is 3.71. The van der Waals surface area contributed by atoms with Crippen molar-refractivity contribution in [3.05, 3.63) is 18.0 Å². The lowest BCUT2D eigenvalue weighted by atomic mass is 9.68. The molecule has 0 saturated carbocycles. The predicted octanol–water partition coefficient (Wildman–Crippen LogP) is 1.87. The number of nitrogens with one attached hydrogen (secondary N) is 1. The van der Waals surface area contributed by atoms with Crippen LogP contribution in [0.25, 0.3) is 0 Å². The molecule has 3 heteroatoms. The van der Waals surface area contributed by atoms with Crippen LogP contribution in [0.2, 0.25) is 0 Å². The lowest BCUT2D eigenvalue weighted by Crippen LogP contribution is -2.55. The van der Waals surface area contributed by atoms with Gasteiger partial charge in [-0.1, -0.05) is 13.8 Å². The zero-order valence-electron chi connectivity index (χ0n) is 9.25. The molecule has 3 nitrogen and oxygen atoms in total. The number of aromatic nitrogens is 2. The fraction of sp³-hybridized carbons (Fsp3) is 0.727. The number of nitrogens with zero attached hydrogens (tertiary/aromatic N) is 2. The van der Waals surface area contributed by atoms with Crippen LogP contribution in [0.1, 0.15) is 38.4 Å². The Morgan fingerprint density at radius 2 is 2.29 bits per heavy atom.